The molecule has 4 aromatic rings. The highest BCUT2D eigenvalue weighted by Crippen LogP contribution is 2.31. The monoisotopic (exact) mass is 537 g/mol. The number of hydrogen-bond acceptors (Lipinski definition) is 7. The lowest BCUT2D eigenvalue weighted by Gasteiger charge is -2.13. The summed E-state index contributed by atoms with van der Waals surface area (Å²) in [4.78, 5) is 8.77. The van der Waals surface area contributed by atoms with Gasteiger partial charge in [0.2, 0.25) is 0 Å². The highest BCUT2D eigenvalue weighted by molar-refractivity contribution is 8.22. The maximum Gasteiger partial charge on any atom is 0.141 e. The number of halogens is 2. The van der Waals surface area contributed by atoms with Gasteiger partial charge in [-0.05, 0) is 53.6 Å². The lowest BCUT2D eigenvalue weighted by atomic mass is 10.1. The molecule has 0 aliphatic heterocycles. The van der Waals surface area contributed by atoms with Gasteiger partial charge in [0.25, 0.3) is 0 Å². The summed E-state index contributed by atoms with van der Waals surface area (Å²) in [6, 6.07) is 19.6. The Labute approximate surface area is 222 Å². The number of hydrogen-bond donors (Lipinski definition) is 2. The molecule has 0 aliphatic carbocycles. The van der Waals surface area contributed by atoms with Crippen LogP contribution in [0.25, 0.3) is 10.9 Å². The average molecular weight is 538 g/mol. The number of nitrogens with one attached hydrogen (secondary N) is 2. The molecule has 0 unspecified atom stereocenters. The smallest absolute Gasteiger partial charge is 0.141 e. The largest absolute Gasteiger partial charge is 0.487 e. The summed E-state index contributed by atoms with van der Waals surface area (Å²) in [5, 5.41) is 16.4. The Hall–Kier alpha value is -3.45. The first-order chi connectivity index (χ1) is 17.5. The first-order valence-corrected chi connectivity index (χ1v) is 12.7. The minimum absolute atomic E-state index is 0.206. The van der Waals surface area contributed by atoms with Gasteiger partial charge in [0.1, 0.15) is 34.6 Å². The van der Waals surface area contributed by atoms with Crippen molar-refractivity contribution in [2.75, 3.05) is 11.1 Å². The summed E-state index contributed by atoms with van der Waals surface area (Å²) in [7, 11) is 0. The van der Waals surface area contributed by atoms with Crippen molar-refractivity contribution in [2.24, 2.45) is 0 Å². The van der Waals surface area contributed by atoms with Crippen LogP contribution in [0.5, 0.6) is 5.75 Å². The minimum Gasteiger partial charge on any atom is -0.487 e. The molecule has 0 radical (unpaired) electrons. The second kappa shape index (κ2) is 12.5. The normalized spacial score (nSPS) is 10.6. The summed E-state index contributed by atoms with van der Waals surface area (Å²) in [6.07, 6.45) is 1.96. The molecule has 182 valence electrons. The molecule has 0 fully saturated rings. The molecule has 0 aliphatic rings. The third kappa shape index (κ3) is 7.04. The number of nitriles is 1. The van der Waals surface area contributed by atoms with Gasteiger partial charge in [-0.1, -0.05) is 53.8 Å². The molecule has 0 bridgehead atoms. The van der Waals surface area contributed by atoms with Gasteiger partial charge in [-0.15, -0.1) is 0 Å². The Morgan fingerprint density at radius 2 is 2.00 bits per heavy atom. The van der Waals surface area contributed by atoms with Gasteiger partial charge in [-0.3, -0.25) is 0 Å². The fourth-order valence-corrected chi connectivity index (χ4v) is 4.46. The summed E-state index contributed by atoms with van der Waals surface area (Å²) in [5.74, 6) is 1.49. The van der Waals surface area contributed by atoms with Crippen LogP contribution in [0.1, 0.15) is 17.5 Å². The summed E-state index contributed by atoms with van der Waals surface area (Å²) < 4.78 is 19.8. The fraction of sp³-hybridized carbons (Fsp3) is 0.154. The number of anilines is 2. The van der Waals surface area contributed by atoms with Crippen LogP contribution < -0.4 is 15.4 Å². The van der Waals surface area contributed by atoms with E-state index < -0.39 is 0 Å². The Morgan fingerprint density at radius 1 is 1.11 bits per heavy atom. The highest BCUT2D eigenvalue weighted by Gasteiger charge is 2.09. The minimum atomic E-state index is -0.310. The molecule has 36 heavy (non-hydrogen) atoms. The van der Waals surface area contributed by atoms with E-state index in [2.05, 4.69) is 26.7 Å². The van der Waals surface area contributed by atoms with Gasteiger partial charge < -0.3 is 15.4 Å². The van der Waals surface area contributed by atoms with Crippen molar-refractivity contribution >= 4 is 62.3 Å². The highest BCUT2D eigenvalue weighted by atomic mass is 35.5. The molecular formula is C26H21ClFN5OS2. The van der Waals surface area contributed by atoms with Crippen molar-refractivity contribution in [3.63, 3.8) is 0 Å². The van der Waals surface area contributed by atoms with Crippen LogP contribution in [0.3, 0.4) is 0 Å². The molecule has 0 spiro atoms. The SMILES string of the molecule is N#CCCSC(=S)NCc1ccc2ncnc(Nc3ccc(OCc4cccc(F)c4)c(Cl)c3)c2c1. The average Bonchev–Trinajstić information content (AvgIpc) is 2.87. The van der Waals surface area contributed by atoms with Gasteiger partial charge in [0, 0.05) is 29.8 Å². The van der Waals surface area contributed by atoms with Crippen molar-refractivity contribution < 1.29 is 9.13 Å². The van der Waals surface area contributed by atoms with E-state index in [0.29, 0.717) is 45.2 Å². The van der Waals surface area contributed by atoms with Crippen LogP contribution >= 0.6 is 35.6 Å². The molecule has 2 N–H and O–H groups in total. The van der Waals surface area contributed by atoms with Crippen LogP contribution in [0.2, 0.25) is 5.02 Å². The van der Waals surface area contributed by atoms with E-state index in [1.54, 1.807) is 24.3 Å². The first kappa shape index (κ1) is 25.6. The van der Waals surface area contributed by atoms with Gasteiger partial charge in [-0.2, -0.15) is 5.26 Å². The van der Waals surface area contributed by atoms with Crippen LogP contribution in [0.4, 0.5) is 15.9 Å². The number of fused-ring (bicyclic) bond motifs is 1. The van der Waals surface area contributed by atoms with E-state index in [1.165, 1.54) is 30.2 Å². The summed E-state index contributed by atoms with van der Waals surface area (Å²) >= 11 is 13.2. The van der Waals surface area contributed by atoms with Gasteiger partial charge in [0.15, 0.2) is 0 Å². The van der Waals surface area contributed by atoms with Crippen molar-refractivity contribution in [3.05, 3.63) is 89.0 Å². The molecular weight excluding hydrogens is 517 g/mol. The number of aromatic nitrogens is 2. The third-order valence-corrected chi connectivity index (χ3v) is 6.67. The number of thiocarbonyl (C=S) groups is 1. The number of benzene rings is 3. The second-order valence-electron chi connectivity index (χ2n) is 7.66. The Balaban J connectivity index is 1.44. The van der Waals surface area contributed by atoms with Crippen molar-refractivity contribution in [3.8, 4) is 11.8 Å². The van der Waals surface area contributed by atoms with Crippen LogP contribution in [-0.4, -0.2) is 20.0 Å². The molecule has 3 aromatic carbocycles. The lowest BCUT2D eigenvalue weighted by molar-refractivity contribution is 0.306. The van der Waals surface area contributed by atoms with Crippen molar-refractivity contribution in [2.45, 2.75) is 19.6 Å². The zero-order valence-corrected chi connectivity index (χ0v) is 21.4. The van der Waals surface area contributed by atoms with Gasteiger partial charge in [-0.25, -0.2) is 14.4 Å². The molecule has 0 saturated carbocycles. The van der Waals surface area contributed by atoms with Crippen LogP contribution in [0.15, 0.2) is 67.0 Å². The van der Waals surface area contributed by atoms with Gasteiger partial charge in [0.05, 0.1) is 16.6 Å². The topological polar surface area (TPSA) is 82.9 Å². The predicted octanol–water partition coefficient (Wildman–Crippen LogP) is 6.77. The summed E-state index contributed by atoms with van der Waals surface area (Å²) in [6.45, 7) is 0.754. The number of rotatable bonds is 9. The zero-order chi connectivity index (χ0) is 25.3. The fourth-order valence-electron chi connectivity index (χ4n) is 3.35. The maximum absolute atomic E-state index is 13.4. The first-order valence-electron chi connectivity index (χ1n) is 11.0. The zero-order valence-electron chi connectivity index (χ0n) is 19.0. The second-order valence-corrected chi connectivity index (χ2v) is 9.84. The molecule has 0 amide bonds. The van der Waals surface area contributed by atoms with E-state index in [9.17, 15) is 4.39 Å². The van der Waals surface area contributed by atoms with E-state index in [4.69, 9.17) is 33.8 Å². The van der Waals surface area contributed by atoms with Crippen molar-refractivity contribution in [1.82, 2.24) is 15.3 Å². The molecule has 1 aromatic heterocycles. The van der Waals surface area contributed by atoms with Gasteiger partial charge >= 0.3 is 0 Å². The van der Waals surface area contributed by atoms with E-state index >= 15 is 0 Å². The van der Waals surface area contributed by atoms with Crippen molar-refractivity contribution in [1.29, 1.82) is 5.26 Å². The van der Waals surface area contributed by atoms with E-state index in [0.717, 1.165) is 22.2 Å². The molecule has 0 saturated heterocycles. The maximum atomic E-state index is 13.4. The Kier molecular flexibility index (Phi) is 8.90. The number of nitrogens with zero attached hydrogens (tertiary/aromatic N) is 3. The standard InChI is InChI=1S/C26H21ClFN5OS2/c27-22-13-20(6-8-24(22)34-15-18-3-1-4-19(28)11-18)33-25-21-12-17(5-7-23(21)31-16-32-25)14-30-26(35)36-10-2-9-29/h1,3-8,11-13,16H,2,10,14-15H2,(H,30,35)(H,31,32,33). The summed E-state index contributed by atoms with van der Waals surface area (Å²) in [5.41, 5.74) is 3.26. The Bertz CT molecular complexity index is 1430. The van der Waals surface area contributed by atoms with E-state index in [-0.39, 0.29) is 12.4 Å². The number of thioether (sulfide) groups is 1. The molecule has 1 heterocycles. The Morgan fingerprint density at radius 3 is 2.81 bits per heavy atom. The van der Waals surface area contributed by atoms with Crippen LogP contribution in [0, 0.1) is 17.1 Å². The van der Waals surface area contributed by atoms with E-state index in [1.807, 2.05) is 24.3 Å². The molecule has 4 rings (SSSR count). The lowest BCUT2D eigenvalue weighted by Crippen LogP contribution is -2.18. The number of ether oxygens (including phenoxy) is 1. The molecule has 6 nitrogen and oxygen atoms in total. The third-order valence-electron chi connectivity index (χ3n) is 5.06. The van der Waals surface area contributed by atoms with Crippen LogP contribution in [-0.2, 0) is 13.2 Å². The predicted molar refractivity (Wildman–Crippen MR) is 147 cm³/mol. The molecule has 0 atom stereocenters. The molecule has 10 heteroatoms. The quantitative estimate of drug-likeness (QED) is 0.179.